The summed E-state index contributed by atoms with van der Waals surface area (Å²) >= 11 is 5.18. The van der Waals surface area contributed by atoms with Crippen LogP contribution in [0, 0.1) is 6.92 Å². The van der Waals surface area contributed by atoms with Crippen LogP contribution >= 0.6 is 27.3 Å². The Hall–Kier alpha value is -1.14. The van der Waals surface area contributed by atoms with Gasteiger partial charge in [0.15, 0.2) is 0 Å². The maximum Gasteiger partial charge on any atom is 0.134 e. The Balaban J connectivity index is 2.11. The van der Waals surface area contributed by atoms with E-state index in [4.69, 9.17) is 5.73 Å². The third-order valence-electron chi connectivity index (χ3n) is 2.23. The zero-order valence-electron chi connectivity index (χ0n) is 8.70. The Bertz CT molecular complexity index is 497. The molecule has 0 saturated heterocycles. The fourth-order valence-electron chi connectivity index (χ4n) is 1.26. The Morgan fingerprint density at radius 2 is 2.31 bits per heavy atom. The van der Waals surface area contributed by atoms with E-state index in [-0.39, 0.29) is 0 Å². The van der Waals surface area contributed by atoms with Gasteiger partial charge < -0.3 is 11.1 Å². The van der Waals surface area contributed by atoms with Gasteiger partial charge in [-0.05, 0) is 34.3 Å². The van der Waals surface area contributed by atoms with Gasteiger partial charge in [0.1, 0.15) is 18.0 Å². The molecule has 0 amide bonds. The van der Waals surface area contributed by atoms with Crippen LogP contribution in [-0.2, 0) is 6.54 Å². The molecule has 0 bridgehead atoms. The van der Waals surface area contributed by atoms with Gasteiger partial charge >= 0.3 is 0 Å². The van der Waals surface area contributed by atoms with E-state index in [0.29, 0.717) is 5.82 Å². The summed E-state index contributed by atoms with van der Waals surface area (Å²) in [5.41, 5.74) is 6.59. The lowest BCUT2D eigenvalue weighted by molar-refractivity contribution is 1.08. The molecule has 2 rings (SSSR count). The minimum atomic E-state index is 0.516. The van der Waals surface area contributed by atoms with Crippen LogP contribution in [0.2, 0.25) is 0 Å². The lowest BCUT2D eigenvalue weighted by Crippen LogP contribution is -2.05. The van der Waals surface area contributed by atoms with E-state index in [1.165, 1.54) is 11.2 Å². The van der Waals surface area contributed by atoms with Gasteiger partial charge in [-0.25, -0.2) is 9.97 Å². The van der Waals surface area contributed by atoms with Crippen LogP contribution < -0.4 is 11.1 Å². The molecule has 6 heteroatoms. The SMILES string of the molecule is Cc1c(N)ncnc1NCc1sccc1Br. The molecule has 0 aliphatic heterocycles. The van der Waals surface area contributed by atoms with Crippen molar-refractivity contribution in [1.29, 1.82) is 0 Å². The molecule has 84 valence electrons. The molecule has 2 heterocycles. The van der Waals surface area contributed by atoms with Crippen molar-refractivity contribution in [2.24, 2.45) is 0 Å². The van der Waals surface area contributed by atoms with Crippen LogP contribution in [0.3, 0.4) is 0 Å². The number of nitrogens with zero attached hydrogens (tertiary/aromatic N) is 2. The molecule has 4 nitrogen and oxygen atoms in total. The van der Waals surface area contributed by atoms with Crippen molar-refractivity contribution < 1.29 is 0 Å². The zero-order chi connectivity index (χ0) is 11.5. The summed E-state index contributed by atoms with van der Waals surface area (Å²) in [6.07, 6.45) is 1.47. The van der Waals surface area contributed by atoms with Crippen LogP contribution in [-0.4, -0.2) is 9.97 Å². The van der Waals surface area contributed by atoms with Crippen LogP contribution in [0.5, 0.6) is 0 Å². The van der Waals surface area contributed by atoms with E-state index in [2.05, 4.69) is 31.2 Å². The third-order valence-corrected chi connectivity index (χ3v) is 4.16. The first-order chi connectivity index (χ1) is 7.68. The lowest BCUT2D eigenvalue weighted by Gasteiger charge is -2.08. The summed E-state index contributed by atoms with van der Waals surface area (Å²) in [5, 5.41) is 5.29. The van der Waals surface area contributed by atoms with E-state index >= 15 is 0 Å². The van der Waals surface area contributed by atoms with Gasteiger partial charge in [0, 0.05) is 14.9 Å². The van der Waals surface area contributed by atoms with Gasteiger partial charge in [-0.1, -0.05) is 0 Å². The summed E-state index contributed by atoms with van der Waals surface area (Å²) in [4.78, 5) is 9.31. The first-order valence-electron chi connectivity index (χ1n) is 4.71. The molecule has 0 fully saturated rings. The highest BCUT2D eigenvalue weighted by Crippen LogP contribution is 2.24. The highest BCUT2D eigenvalue weighted by atomic mass is 79.9. The molecule has 0 unspecified atom stereocenters. The van der Waals surface area contributed by atoms with Gasteiger partial charge in [-0.2, -0.15) is 0 Å². The fraction of sp³-hybridized carbons (Fsp3) is 0.200. The van der Waals surface area contributed by atoms with Crippen molar-refractivity contribution in [3.05, 3.63) is 32.7 Å². The molecule has 0 saturated carbocycles. The molecule has 2 aromatic heterocycles. The normalized spacial score (nSPS) is 10.4. The van der Waals surface area contributed by atoms with Crippen LogP contribution in [0.4, 0.5) is 11.6 Å². The monoisotopic (exact) mass is 298 g/mol. The van der Waals surface area contributed by atoms with Crippen molar-refractivity contribution in [3.8, 4) is 0 Å². The van der Waals surface area contributed by atoms with Crippen molar-refractivity contribution in [3.63, 3.8) is 0 Å². The van der Waals surface area contributed by atoms with Gasteiger partial charge in [0.05, 0.1) is 6.54 Å². The molecule has 0 aliphatic rings. The third kappa shape index (κ3) is 2.33. The number of nitrogens with two attached hydrogens (primary N) is 1. The minimum Gasteiger partial charge on any atom is -0.383 e. The Morgan fingerprint density at radius 1 is 1.50 bits per heavy atom. The number of hydrogen-bond acceptors (Lipinski definition) is 5. The standard InChI is InChI=1S/C10H11BrN4S/c1-6-9(12)14-5-15-10(6)13-4-8-7(11)2-3-16-8/h2-3,5H,4H2,1H3,(H3,12,13,14,15). The fourth-order valence-corrected chi connectivity index (χ4v) is 2.69. The molecule has 2 aromatic rings. The molecule has 16 heavy (non-hydrogen) atoms. The van der Waals surface area contributed by atoms with Crippen LogP contribution in [0.25, 0.3) is 0 Å². The Kier molecular flexibility index (Phi) is 3.40. The number of aromatic nitrogens is 2. The van der Waals surface area contributed by atoms with E-state index in [9.17, 15) is 0 Å². The average molecular weight is 299 g/mol. The van der Waals surface area contributed by atoms with E-state index in [1.54, 1.807) is 11.3 Å². The average Bonchev–Trinajstić information content (AvgIpc) is 2.67. The van der Waals surface area contributed by atoms with E-state index in [0.717, 1.165) is 22.4 Å². The van der Waals surface area contributed by atoms with Crippen molar-refractivity contribution in [2.45, 2.75) is 13.5 Å². The highest BCUT2D eigenvalue weighted by molar-refractivity contribution is 9.10. The molecule has 0 atom stereocenters. The van der Waals surface area contributed by atoms with Gasteiger partial charge in [-0.3, -0.25) is 0 Å². The summed E-state index contributed by atoms with van der Waals surface area (Å²) in [5.74, 6) is 1.30. The summed E-state index contributed by atoms with van der Waals surface area (Å²) in [6.45, 7) is 2.64. The summed E-state index contributed by atoms with van der Waals surface area (Å²) < 4.78 is 1.12. The molecular weight excluding hydrogens is 288 g/mol. The second-order valence-corrected chi connectivity index (χ2v) is 5.13. The number of nitrogen functional groups attached to an aromatic ring is 1. The van der Waals surface area contributed by atoms with Crippen molar-refractivity contribution in [2.75, 3.05) is 11.1 Å². The van der Waals surface area contributed by atoms with E-state index < -0.39 is 0 Å². The first kappa shape index (κ1) is 11.3. The Labute approximate surface area is 106 Å². The van der Waals surface area contributed by atoms with Crippen molar-refractivity contribution in [1.82, 2.24) is 9.97 Å². The quantitative estimate of drug-likeness (QED) is 0.914. The Morgan fingerprint density at radius 3 is 3.00 bits per heavy atom. The maximum absolute atomic E-state index is 5.70. The smallest absolute Gasteiger partial charge is 0.134 e. The predicted molar refractivity (Wildman–Crippen MR) is 70.5 cm³/mol. The summed E-state index contributed by atoms with van der Waals surface area (Å²) in [6, 6.07) is 2.03. The zero-order valence-corrected chi connectivity index (χ0v) is 11.1. The maximum atomic E-state index is 5.70. The van der Waals surface area contributed by atoms with Gasteiger partial charge in [0.25, 0.3) is 0 Å². The topological polar surface area (TPSA) is 63.8 Å². The van der Waals surface area contributed by atoms with Crippen LogP contribution in [0.15, 0.2) is 22.2 Å². The van der Waals surface area contributed by atoms with Gasteiger partial charge in [-0.15, -0.1) is 11.3 Å². The lowest BCUT2D eigenvalue weighted by atomic mass is 10.3. The summed E-state index contributed by atoms with van der Waals surface area (Å²) in [7, 11) is 0. The molecule has 3 N–H and O–H groups in total. The largest absolute Gasteiger partial charge is 0.383 e. The number of hydrogen-bond donors (Lipinski definition) is 2. The van der Waals surface area contributed by atoms with Crippen molar-refractivity contribution >= 4 is 38.9 Å². The number of rotatable bonds is 3. The number of anilines is 2. The molecule has 0 aliphatic carbocycles. The second kappa shape index (κ2) is 4.80. The highest BCUT2D eigenvalue weighted by Gasteiger charge is 2.05. The molecular formula is C10H11BrN4S. The molecule has 0 spiro atoms. The molecule has 0 aromatic carbocycles. The predicted octanol–water partition coefficient (Wildman–Crippen LogP) is 2.80. The number of thiophene rings is 1. The second-order valence-electron chi connectivity index (χ2n) is 3.28. The van der Waals surface area contributed by atoms with Gasteiger partial charge in [0.2, 0.25) is 0 Å². The minimum absolute atomic E-state index is 0.516. The number of halogens is 1. The molecule has 0 radical (unpaired) electrons. The van der Waals surface area contributed by atoms with Crippen LogP contribution in [0.1, 0.15) is 10.4 Å². The van der Waals surface area contributed by atoms with E-state index in [1.807, 2.05) is 18.4 Å². The first-order valence-corrected chi connectivity index (χ1v) is 6.38. The number of nitrogens with one attached hydrogen (secondary N) is 1.